The molecule has 0 saturated heterocycles. The summed E-state index contributed by atoms with van der Waals surface area (Å²) in [6.45, 7) is 2.45. The predicted octanol–water partition coefficient (Wildman–Crippen LogP) is 5.59. The summed E-state index contributed by atoms with van der Waals surface area (Å²) in [4.78, 5) is 0. The molecule has 1 N–H and O–H groups in total. The molecule has 6 atom stereocenters. The SMILES string of the molecule is COc1ccc(C(O)(Cc2ccccc2)C2CC34CCC3C(C)CCC24)cc1. The summed E-state index contributed by atoms with van der Waals surface area (Å²) in [5.41, 5.74) is 2.01. The summed E-state index contributed by atoms with van der Waals surface area (Å²) in [6.07, 6.45) is 7.30. The monoisotopic (exact) mass is 376 g/mol. The van der Waals surface area contributed by atoms with E-state index in [9.17, 15) is 5.11 Å². The first-order valence-corrected chi connectivity index (χ1v) is 11.0. The molecule has 5 rings (SSSR count). The van der Waals surface area contributed by atoms with Gasteiger partial charge in [0.2, 0.25) is 0 Å². The van der Waals surface area contributed by atoms with Gasteiger partial charge in [0.25, 0.3) is 0 Å². The average Bonchev–Trinajstić information content (AvgIpc) is 2.66. The van der Waals surface area contributed by atoms with Crippen LogP contribution in [-0.4, -0.2) is 12.2 Å². The van der Waals surface area contributed by atoms with Crippen LogP contribution in [0.4, 0.5) is 0 Å². The van der Waals surface area contributed by atoms with Gasteiger partial charge in [-0.15, -0.1) is 0 Å². The lowest BCUT2D eigenvalue weighted by atomic mass is 9.33. The quantitative estimate of drug-likeness (QED) is 0.737. The molecule has 3 aliphatic carbocycles. The van der Waals surface area contributed by atoms with E-state index in [4.69, 9.17) is 4.74 Å². The summed E-state index contributed by atoms with van der Waals surface area (Å²) in [6, 6.07) is 18.7. The Hall–Kier alpha value is -1.80. The molecule has 2 nitrogen and oxygen atoms in total. The maximum absolute atomic E-state index is 12.2. The van der Waals surface area contributed by atoms with E-state index in [0.717, 1.165) is 23.1 Å². The molecule has 3 aliphatic rings. The first-order chi connectivity index (χ1) is 13.6. The van der Waals surface area contributed by atoms with Gasteiger partial charge >= 0.3 is 0 Å². The van der Waals surface area contributed by atoms with Crippen molar-refractivity contribution in [2.75, 3.05) is 7.11 Å². The molecule has 1 spiro atoms. The van der Waals surface area contributed by atoms with E-state index in [0.29, 0.717) is 23.7 Å². The lowest BCUT2D eigenvalue weighted by Crippen LogP contribution is -2.66. The van der Waals surface area contributed by atoms with Gasteiger partial charge in [-0.3, -0.25) is 0 Å². The number of hydrogen-bond acceptors (Lipinski definition) is 2. The van der Waals surface area contributed by atoms with Crippen molar-refractivity contribution in [3.8, 4) is 5.75 Å². The third-order valence-corrected chi connectivity index (χ3v) is 8.62. The molecule has 0 radical (unpaired) electrons. The first-order valence-electron chi connectivity index (χ1n) is 11.0. The van der Waals surface area contributed by atoms with Crippen LogP contribution >= 0.6 is 0 Å². The van der Waals surface area contributed by atoms with E-state index in [-0.39, 0.29) is 0 Å². The van der Waals surface area contributed by atoms with Gasteiger partial charge in [0.1, 0.15) is 5.75 Å². The molecule has 0 bridgehead atoms. The lowest BCUT2D eigenvalue weighted by molar-refractivity contribution is -0.253. The molecule has 6 unspecified atom stereocenters. The zero-order valence-corrected chi connectivity index (χ0v) is 17.1. The standard InChI is InChI=1S/C26H32O2/c1-18-8-13-23-24(17-25(23)15-14-22(18)25)26(27,16-19-6-4-3-5-7-19)20-9-11-21(28-2)12-10-20/h3-7,9-12,18,22-24,27H,8,13-17H2,1-2H3. The third-order valence-electron chi connectivity index (χ3n) is 8.62. The van der Waals surface area contributed by atoms with Crippen molar-refractivity contribution >= 4 is 0 Å². The van der Waals surface area contributed by atoms with Crippen LogP contribution in [-0.2, 0) is 12.0 Å². The molecule has 2 aromatic rings. The van der Waals surface area contributed by atoms with Crippen molar-refractivity contribution in [1.82, 2.24) is 0 Å². The van der Waals surface area contributed by atoms with E-state index in [1.165, 1.54) is 37.7 Å². The fraction of sp³-hybridized carbons (Fsp3) is 0.538. The highest BCUT2D eigenvalue weighted by Gasteiger charge is 2.68. The van der Waals surface area contributed by atoms with Crippen LogP contribution in [0.1, 0.15) is 50.2 Å². The van der Waals surface area contributed by atoms with Gasteiger partial charge in [-0.1, -0.05) is 55.8 Å². The number of aliphatic hydroxyl groups is 1. The minimum absolute atomic E-state index is 0.358. The van der Waals surface area contributed by atoms with E-state index in [1.807, 2.05) is 12.1 Å². The Labute approximate surface area is 168 Å². The summed E-state index contributed by atoms with van der Waals surface area (Å²) >= 11 is 0. The van der Waals surface area contributed by atoms with Crippen molar-refractivity contribution in [3.63, 3.8) is 0 Å². The van der Waals surface area contributed by atoms with E-state index >= 15 is 0 Å². The molecule has 2 heteroatoms. The molecule has 148 valence electrons. The van der Waals surface area contributed by atoms with Crippen molar-refractivity contribution in [3.05, 3.63) is 65.7 Å². The van der Waals surface area contributed by atoms with E-state index < -0.39 is 5.60 Å². The van der Waals surface area contributed by atoms with Gasteiger partial charge in [0.05, 0.1) is 12.7 Å². The lowest BCUT2D eigenvalue weighted by Gasteiger charge is -2.72. The van der Waals surface area contributed by atoms with E-state index in [1.54, 1.807) is 7.11 Å². The maximum atomic E-state index is 12.2. The summed E-state index contributed by atoms with van der Waals surface area (Å²) < 4.78 is 5.36. The van der Waals surface area contributed by atoms with Crippen molar-refractivity contribution < 1.29 is 9.84 Å². The fourth-order valence-electron chi connectivity index (χ4n) is 7.06. The minimum atomic E-state index is -0.801. The Morgan fingerprint density at radius 1 is 1.00 bits per heavy atom. The molecule has 0 aliphatic heterocycles. The molecule has 3 fully saturated rings. The molecular formula is C26H32O2. The Morgan fingerprint density at radius 3 is 2.39 bits per heavy atom. The van der Waals surface area contributed by atoms with Crippen LogP contribution in [0.25, 0.3) is 0 Å². The molecular weight excluding hydrogens is 344 g/mol. The molecule has 2 aromatic carbocycles. The largest absolute Gasteiger partial charge is 0.497 e. The zero-order valence-electron chi connectivity index (χ0n) is 17.1. The van der Waals surface area contributed by atoms with Crippen LogP contribution in [0.3, 0.4) is 0 Å². The minimum Gasteiger partial charge on any atom is -0.497 e. The normalized spacial score (nSPS) is 35.5. The number of ether oxygens (including phenoxy) is 1. The molecule has 0 amide bonds. The number of rotatable bonds is 5. The predicted molar refractivity (Wildman–Crippen MR) is 112 cm³/mol. The van der Waals surface area contributed by atoms with Crippen LogP contribution in [0, 0.1) is 29.1 Å². The summed E-state index contributed by atoms with van der Waals surface area (Å²) in [5, 5.41) is 12.2. The van der Waals surface area contributed by atoms with Crippen LogP contribution in [0.15, 0.2) is 54.6 Å². The Bertz CT molecular complexity index is 829. The smallest absolute Gasteiger partial charge is 0.118 e. The van der Waals surface area contributed by atoms with Crippen molar-refractivity contribution in [1.29, 1.82) is 0 Å². The zero-order chi connectivity index (χ0) is 19.4. The van der Waals surface area contributed by atoms with Gasteiger partial charge in [0, 0.05) is 6.42 Å². The van der Waals surface area contributed by atoms with Gasteiger partial charge in [-0.25, -0.2) is 0 Å². The second-order valence-electron chi connectivity index (χ2n) is 9.67. The number of hydrogen-bond donors (Lipinski definition) is 1. The Morgan fingerprint density at radius 2 is 1.75 bits per heavy atom. The van der Waals surface area contributed by atoms with Gasteiger partial charge < -0.3 is 9.84 Å². The van der Waals surface area contributed by atoms with Crippen molar-refractivity contribution in [2.24, 2.45) is 29.1 Å². The van der Waals surface area contributed by atoms with Gasteiger partial charge in [-0.2, -0.15) is 0 Å². The van der Waals surface area contributed by atoms with Gasteiger partial charge in [0.15, 0.2) is 0 Å². The van der Waals surface area contributed by atoms with Crippen molar-refractivity contribution in [2.45, 2.75) is 51.0 Å². The highest BCUT2D eigenvalue weighted by Crippen LogP contribution is 2.74. The average molecular weight is 377 g/mol. The Balaban J connectivity index is 1.49. The van der Waals surface area contributed by atoms with Crippen LogP contribution in [0.2, 0.25) is 0 Å². The topological polar surface area (TPSA) is 29.5 Å². The number of benzene rings is 2. The molecule has 0 aromatic heterocycles. The van der Waals surface area contributed by atoms with Crippen LogP contribution in [0.5, 0.6) is 5.75 Å². The Kier molecular flexibility index (Phi) is 4.32. The fourth-order valence-corrected chi connectivity index (χ4v) is 7.06. The maximum Gasteiger partial charge on any atom is 0.118 e. The van der Waals surface area contributed by atoms with Gasteiger partial charge in [-0.05, 0) is 78.0 Å². The first kappa shape index (κ1) is 18.2. The summed E-state index contributed by atoms with van der Waals surface area (Å²) in [7, 11) is 1.70. The molecule has 28 heavy (non-hydrogen) atoms. The highest BCUT2D eigenvalue weighted by atomic mass is 16.5. The van der Waals surface area contributed by atoms with E-state index in [2.05, 4.69) is 49.4 Å². The molecule has 3 saturated carbocycles. The second kappa shape index (κ2) is 6.62. The third kappa shape index (κ3) is 2.57. The number of methoxy groups -OCH3 is 1. The summed E-state index contributed by atoms with van der Waals surface area (Å²) in [5.74, 6) is 3.66. The molecule has 0 heterocycles. The highest BCUT2D eigenvalue weighted by molar-refractivity contribution is 5.35. The van der Waals surface area contributed by atoms with Crippen LogP contribution < -0.4 is 4.74 Å². The second-order valence-corrected chi connectivity index (χ2v) is 9.67.